The van der Waals surface area contributed by atoms with E-state index in [0.29, 0.717) is 11.3 Å². The third kappa shape index (κ3) is 5.28. The Labute approximate surface area is 160 Å². The van der Waals surface area contributed by atoms with E-state index in [1.54, 1.807) is 0 Å². The minimum absolute atomic E-state index is 0.00211. The van der Waals surface area contributed by atoms with Crippen molar-refractivity contribution in [3.8, 4) is 11.8 Å². The summed E-state index contributed by atoms with van der Waals surface area (Å²) in [7, 11) is 0. The van der Waals surface area contributed by atoms with Gasteiger partial charge in [0, 0.05) is 6.07 Å². The van der Waals surface area contributed by atoms with Crippen molar-refractivity contribution in [1.29, 1.82) is 5.26 Å². The third-order valence-corrected chi connectivity index (χ3v) is 3.65. The minimum Gasteiger partial charge on any atom is -0.479 e. The highest BCUT2D eigenvalue weighted by atomic mass is 16.6. The molecule has 0 aliphatic heterocycles. The maximum atomic E-state index is 12.2. The number of carbonyl (C=O) groups excluding carboxylic acids is 2. The molecule has 0 aromatic heterocycles. The fourth-order valence-corrected chi connectivity index (χ4v) is 2.16. The molecule has 144 valence electrons. The largest absolute Gasteiger partial charge is 0.479 e. The Hall–Kier alpha value is -3.93. The second kappa shape index (κ2) is 9.14. The Bertz CT molecular complexity index is 920. The number of ether oxygens (including phenoxy) is 2. The molecule has 0 saturated carbocycles. The number of esters is 1. The predicted molar refractivity (Wildman–Crippen MR) is 98.5 cm³/mol. The lowest BCUT2D eigenvalue weighted by Crippen LogP contribution is -2.35. The van der Waals surface area contributed by atoms with E-state index in [0.717, 1.165) is 0 Å². The maximum absolute atomic E-state index is 12.2. The third-order valence-electron chi connectivity index (χ3n) is 3.65. The van der Waals surface area contributed by atoms with Crippen molar-refractivity contribution in [3.63, 3.8) is 0 Å². The van der Waals surface area contributed by atoms with Gasteiger partial charge in [0.05, 0.1) is 16.6 Å². The number of hydrogen-bond donors (Lipinski definition) is 1. The monoisotopic (exact) mass is 383 g/mol. The van der Waals surface area contributed by atoms with Gasteiger partial charge in [-0.05, 0) is 44.2 Å². The lowest BCUT2D eigenvalue weighted by Gasteiger charge is -2.17. The van der Waals surface area contributed by atoms with Gasteiger partial charge in [0.15, 0.2) is 12.2 Å². The molecular weight excluding hydrogens is 366 g/mol. The Morgan fingerprint density at radius 3 is 2.36 bits per heavy atom. The van der Waals surface area contributed by atoms with Gasteiger partial charge in [0.1, 0.15) is 11.4 Å². The van der Waals surface area contributed by atoms with E-state index in [4.69, 9.17) is 14.7 Å². The predicted octanol–water partition coefficient (Wildman–Crippen LogP) is 2.80. The first kappa shape index (κ1) is 20.4. The minimum atomic E-state index is -1.20. The molecule has 0 spiro atoms. The zero-order valence-electron chi connectivity index (χ0n) is 15.1. The van der Waals surface area contributed by atoms with E-state index < -0.39 is 29.0 Å². The summed E-state index contributed by atoms with van der Waals surface area (Å²) in [5.41, 5.74) is 0.178. The second-order valence-corrected chi connectivity index (χ2v) is 5.74. The quantitative estimate of drug-likeness (QED) is 0.442. The van der Waals surface area contributed by atoms with Gasteiger partial charge in [-0.3, -0.25) is 14.9 Å². The summed E-state index contributed by atoms with van der Waals surface area (Å²) in [6, 6.07) is 13.7. The molecule has 2 rings (SSSR count). The lowest BCUT2D eigenvalue weighted by molar-refractivity contribution is -0.383. The summed E-state index contributed by atoms with van der Waals surface area (Å²) in [4.78, 5) is 34.7. The van der Waals surface area contributed by atoms with Gasteiger partial charge in [0.25, 0.3) is 11.6 Å². The topological polar surface area (TPSA) is 132 Å². The number of carbonyl (C=O) groups is 2. The molecule has 0 aliphatic carbocycles. The molecule has 2 aromatic rings. The van der Waals surface area contributed by atoms with Crippen LogP contribution >= 0.6 is 0 Å². The second-order valence-electron chi connectivity index (χ2n) is 5.74. The van der Waals surface area contributed by atoms with Gasteiger partial charge in [-0.1, -0.05) is 12.1 Å². The van der Waals surface area contributed by atoms with Crippen LogP contribution in [0.5, 0.6) is 5.75 Å². The number of nitro benzene ring substituents is 1. The molecule has 9 nitrogen and oxygen atoms in total. The summed E-state index contributed by atoms with van der Waals surface area (Å²) < 4.78 is 10.5. The van der Waals surface area contributed by atoms with E-state index in [9.17, 15) is 19.7 Å². The lowest BCUT2D eigenvalue weighted by atomic mass is 10.2. The van der Waals surface area contributed by atoms with Crippen LogP contribution in [0.15, 0.2) is 48.5 Å². The SMILES string of the molecule is C[C@@H](OC(=O)[C@@H](C)Oc1ccc(C#N)cc1)C(=O)Nc1ccccc1[N+](=O)[O-]. The van der Waals surface area contributed by atoms with E-state index in [1.165, 1.54) is 62.4 Å². The Balaban J connectivity index is 1.94. The van der Waals surface area contributed by atoms with Crippen molar-refractivity contribution in [3.05, 3.63) is 64.2 Å². The fourth-order valence-electron chi connectivity index (χ4n) is 2.16. The number of nitrogens with zero attached hydrogens (tertiary/aromatic N) is 2. The van der Waals surface area contributed by atoms with Crippen molar-refractivity contribution < 1.29 is 24.0 Å². The van der Waals surface area contributed by atoms with E-state index in [1.807, 2.05) is 6.07 Å². The highest BCUT2D eigenvalue weighted by Gasteiger charge is 2.25. The molecular formula is C19H17N3O6. The number of nitriles is 1. The summed E-state index contributed by atoms with van der Waals surface area (Å²) >= 11 is 0. The first-order chi connectivity index (χ1) is 13.3. The first-order valence-electron chi connectivity index (χ1n) is 8.23. The first-order valence-corrected chi connectivity index (χ1v) is 8.23. The molecule has 0 aliphatic rings. The van der Waals surface area contributed by atoms with Gasteiger partial charge in [-0.25, -0.2) is 4.79 Å². The molecule has 28 heavy (non-hydrogen) atoms. The molecule has 2 aromatic carbocycles. The number of benzene rings is 2. The molecule has 0 fully saturated rings. The number of anilines is 1. The van der Waals surface area contributed by atoms with Gasteiger partial charge >= 0.3 is 5.97 Å². The van der Waals surface area contributed by atoms with Crippen LogP contribution < -0.4 is 10.1 Å². The van der Waals surface area contributed by atoms with Crippen molar-refractivity contribution >= 4 is 23.3 Å². The van der Waals surface area contributed by atoms with Crippen LogP contribution in [0, 0.1) is 21.4 Å². The van der Waals surface area contributed by atoms with E-state index in [-0.39, 0.29) is 11.4 Å². The van der Waals surface area contributed by atoms with Crippen LogP contribution in [0.1, 0.15) is 19.4 Å². The fraction of sp³-hybridized carbons (Fsp3) is 0.211. The van der Waals surface area contributed by atoms with Crippen LogP contribution in [0.4, 0.5) is 11.4 Å². The summed E-state index contributed by atoms with van der Waals surface area (Å²) in [6.45, 7) is 2.80. The van der Waals surface area contributed by atoms with Gasteiger partial charge in [-0.2, -0.15) is 5.26 Å². The van der Waals surface area contributed by atoms with Gasteiger partial charge in [0.2, 0.25) is 0 Å². The Kier molecular flexibility index (Phi) is 6.65. The number of nitro groups is 1. The van der Waals surface area contributed by atoms with Gasteiger partial charge < -0.3 is 14.8 Å². The molecule has 0 bridgehead atoms. The van der Waals surface area contributed by atoms with Crippen LogP contribution in [-0.2, 0) is 14.3 Å². The zero-order chi connectivity index (χ0) is 20.7. The smallest absolute Gasteiger partial charge is 0.347 e. The van der Waals surface area contributed by atoms with Crippen LogP contribution in [0.2, 0.25) is 0 Å². The number of hydrogen-bond acceptors (Lipinski definition) is 7. The molecule has 0 saturated heterocycles. The summed E-state index contributed by atoms with van der Waals surface area (Å²) in [6.07, 6.45) is -2.20. The van der Waals surface area contributed by atoms with Crippen LogP contribution in [0.3, 0.4) is 0 Å². The van der Waals surface area contributed by atoms with Crippen molar-refractivity contribution in [2.24, 2.45) is 0 Å². The van der Waals surface area contributed by atoms with E-state index in [2.05, 4.69) is 5.32 Å². The van der Waals surface area contributed by atoms with Crippen LogP contribution in [0.25, 0.3) is 0 Å². The Morgan fingerprint density at radius 1 is 1.11 bits per heavy atom. The number of rotatable bonds is 7. The molecule has 0 heterocycles. The van der Waals surface area contributed by atoms with Crippen molar-refractivity contribution in [1.82, 2.24) is 0 Å². The van der Waals surface area contributed by atoms with Crippen molar-refractivity contribution in [2.45, 2.75) is 26.1 Å². The molecule has 9 heteroatoms. The normalized spacial score (nSPS) is 12.2. The number of amides is 1. The molecule has 0 unspecified atom stereocenters. The highest BCUT2D eigenvalue weighted by molar-refractivity contribution is 5.97. The summed E-state index contributed by atoms with van der Waals surface area (Å²) in [5, 5.41) is 22.1. The van der Waals surface area contributed by atoms with Gasteiger partial charge in [-0.15, -0.1) is 0 Å². The zero-order valence-corrected chi connectivity index (χ0v) is 15.1. The van der Waals surface area contributed by atoms with Crippen LogP contribution in [-0.4, -0.2) is 29.0 Å². The highest BCUT2D eigenvalue weighted by Crippen LogP contribution is 2.23. The maximum Gasteiger partial charge on any atom is 0.347 e. The number of nitrogens with one attached hydrogen (secondary N) is 1. The Morgan fingerprint density at radius 2 is 1.75 bits per heavy atom. The molecule has 2 atom stereocenters. The van der Waals surface area contributed by atoms with Crippen molar-refractivity contribution in [2.75, 3.05) is 5.32 Å². The number of para-hydroxylation sites is 2. The summed E-state index contributed by atoms with van der Waals surface area (Å²) in [5.74, 6) is -1.14. The molecule has 0 radical (unpaired) electrons. The average Bonchev–Trinajstić information content (AvgIpc) is 2.68. The average molecular weight is 383 g/mol. The van der Waals surface area contributed by atoms with E-state index >= 15 is 0 Å². The molecule has 1 amide bonds. The molecule has 1 N–H and O–H groups in total. The standard InChI is InChI=1S/C19H17N3O6/c1-12(18(23)21-16-5-3-4-6-17(16)22(25)26)28-19(24)13(2)27-15-9-7-14(11-20)8-10-15/h3-10,12-13H,1-2H3,(H,21,23)/t12-,13-/m1/s1.